The first kappa shape index (κ1) is 33.5. The highest BCUT2D eigenvalue weighted by atomic mass is 35.5. The number of benzene rings is 1. The van der Waals surface area contributed by atoms with Crippen LogP contribution in [-0.4, -0.2) is 74.7 Å². The second kappa shape index (κ2) is 15.3. The second-order valence-electron chi connectivity index (χ2n) is 10.1. The maximum absolute atomic E-state index is 10.3. The van der Waals surface area contributed by atoms with Gasteiger partial charge < -0.3 is 25.0 Å². The summed E-state index contributed by atoms with van der Waals surface area (Å²) in [6, 6.07) is 8.48. The Morgan fingerprint density at radius 2 is 1.68 bits per heavy atom. The summed E-state index contributed by atoms with van der Waals surface area (Å²) in [6.07, 6.45) is 4.48. The minimum absolute atomic E-state index is 0.366. The topological polar surface area (TPSA) is 171 Å². The Balaban J connectivity index is 0.000000383. The highest BCUT2D eigenvalue weighted by molar-refractivity contribution is 6.31. The number of rotatable bonds is 14. The molecular formula is C28H38ClN5O7. The Morgan fingerprint density at radius 1 is 1.05 bits per heavy atom. The van der Waals surface area contributed by atoms with Crippen molar-refractivity contribution in [2.75, 3.05) is 6.54 Å². The molecule has 0 aliphatic carbocycles. The summed E-state index contributed by atoms with van der Waals surface area (Å²) in [5.74, 6) is -5.02. The molecule has 0 spiro atoms. The predicted octanol–water partition coefficient (Wildman–Crippen LogP) is 3.77. The fraction of sp³-hybridized carbons (Fsp3) is 0.464. The van der Waals surface area contributed by atoms with E-state index in [9.17, 15) is 14.4 Å². The van der Waals surface area contributed by atoms with E-state index in [0.717, 1.165) is 43.3 Å². The van der Waals surface area contributed by atoms with Crippen LogP contribution in [0.1, 0.15) is 61.7 Å². The number of nitrogens with zero attached hydrogens (tertiary/aromatic N) is 5. The molecule has 0 saturated heterocycles. The predicted molar refractivity (Wildman–Crippen MR) is 152 cm³/mol. The molecule has 0 amide bonds. The number of imidazole rings is 1. The quantitative estimate of drug-likeness (QED) is 0.216. The standard InChI is InChI=1S/C22H30ClN5.C6H8O7/c1-17(2)28-19(4)21(18(3)25-28)15-27(12-7-11-26-13-10-24-16-26)14-20-8-5-6-9-22(20)23;7-3(8)1-6(13,5(11)12)2-4(9)10/h5-6,8-10,13,16-17H,7,11-12,14-15H2,1-4H3;13H,1-2H2,(H,7,8)(H,9,10)(H,11,12). The molecule has 0 aliphatic rings. The van der Waals surface area contributed by atoms with Gasteiger partial charge in [-0.05, 0) is 45.7 Å². The second-order valence-corrected chi connectivity index (χ2v) is 10.5. The monoisotopic (exact) mass is 591 g/mol. The average Bonchev–Trinajstić information content (AvgIpc) is 3.48. The van der Waals surface area contributed by atoms with Crippen molar-refractivity contribution in [1.82, 2.24) is 24.2 Å². The van der Waals surface area contributed by atoms with Crippen LogP contribution < -0.4 is 0 Å². The first-order valence-corrected chi connectivity index (χ1v) is 13.5. The smallest absolute Gasteiger partial charge is 0.336 e. The van der Waals surface area contributed by atoms with Gasteiger partial charge in [-0.2, -0.15) is 5.10 Å². The number of aromatic nitrogens is 4. The summed E-state index contributed by atoms with van der Waals surface area (Å²) in [7, 11) is 0. The van der Waals surface area contributed by atoms with Crippen LogP contribution in [0.5, 0.6) is 0 Å². The summed E-state index contributed by atoms with van der Waals surface area (Å²) in [5.41, 5.74) is 2.12. The molecule has 0 fully saturated rings. The zero-order chi connectivity index (χ0) is 30.7. The molecule has 0 saturated carbocycles. The van der Waals surface area contributed by atoms with Gasteiger partial charge in [-0.15, -0.1) is 0 Å². The molecule has 12 nitrogen and oxygen atoms in total. The summed E-state index contributed by atoms with van der Waals surface area (Å²) in [6.45, 7) is 12.3. The van der Waals surface area contributed by atoms with Gasteiger partial charge >= 0.3 is 17.9 Å². The lowest BCUT2D eigenvalue weighted by Crippen LogP contribution is -2.42. The van der Waals surface area contributed by atoms with Gasteiger partial charge in [-0.1, -0.05) is 29.8 Å². The number of carbonyl (C=O) groups is 3. The molecule has 13 heteroatoms. The third-order valence-electron chi connectivity index (χ3n) is 6.43. The Hall–Kier alpha value is -3.74. The van der Waals surface area contributed by atoms with Crippen LogP contribution in [0.3, 0.4) is 0 Å². The maximum atomic E-state index is 10.3. The van der Waals surface area contributed by atoms with E-state index >= 15 is 0 Å². The molecule has 3 rings (SSSR count). The van der Waals surface area contributed by atoms with E-state index in [2.05, 4.69) is 59.0 Å². The van der Waals surface area contributed by atoms with Crippen molar-refractivity contribution in [2.45, 2.75) is 78.2 Å². The lowest BCUT2D eigenvalue weighted by Gasteiger charge is -2.23. The van der Waals surface area contributed by atoms with E-state index in [4.69, 9.17) is 37.1 Å². The molecule has 1 aromatic carbocycles. The molecule has 0 atom stereocenters. The summed E-state index contributed by atoms with van der Waals surface area (Å²) < 4.78 is 4.25. The van der Waals surface area contributed by atoms with Crippen LogP contribution in [0.25, 0.3) is 0 Å². The summed E-state index contributed by atoms with van der Waals surface area (Å²) in [5, 5.41) is 39.4. The Kier molecular flexibility index (Phi) is 12.5. The van der Waals surface area contributed by atoms with Gasteiger partial charge in [0.15, 0.2) is 5.60 Å². The Morgan fingerprint density at radius 3 is 2.17 bits per heavy atom. The number of hydrogen-bond acceptors (Lipinski definition) is 7. The maximum Gasteiger partial charge on any atom is 0.336 e. The molecular weight excluding hydrogens is 554 g/mol. The average molecular weight is 592 g/mol. The molecule has 0 aliphatic heterocycles. The van der Waals surface area contributed by atoms with Gasteiger partial charge in [0, 0.05) is 60.9 Å². The van der Waals surface area contributed by atoms with Crippen molar-refractivity contribution < 1.29 is 34.8 Å². The molecule has 3 aromatic rings. The van der Waals surface area contributed by atoms with Crippen molar-refractivity contribution in [1.29, 1.82) is 0 Å². The molecule has 2 heterocycles. The third kappa shape index (κ3) is 10.3. The number of halogens is 1. The van der Waals surface area contributed by atoms with Gasteiger partial charge in [-0.3, -0.25) is 19.2 Å². The summed E-state index contributed by atoms with van der Waals surface area (Å²) in [4.78, 5) is 37.1. The molecule has 0 radical (unpaired) electrons. The van der Waals surface area contributed by atoms with E-state index in [0.29, 0.717) is 6.04 Å². The van der Waals surface area contributed by atoms with Crippen LogP contribution in [0, 0.1) is 13.8 Å². The van der Waals surface area contributed by atoms with Gasteiger partial charge in [0.25, 0.3) is 0 Å². The first-order valence-electron chi connectivity index (χ1n) is 13.1. The van der Waals surface area contributed by atoms with Crippen LogP contribution in [0.4, 0.5) is 0 Å². The van der Waals surface area contributed by atoms with E-state index < -0.39 is 36.4 Å². The van der Waals surface area contributed by atoms with Crippen molar-refractivity contribution >= 4 is 29.5 Å². The van der Waals surface area contributed by atoms with E-state index in [1.54, 1.807) is 0 Å². The number of carboxylic acid groups (broad SMARTS) is 3. The largest absolute Gasteiger partial charge is 0.481 e. The first-order chi connectivity index (χ1) is 19.2. The van der Waals surface area contributed by atoms with Gasteiger partial charge in [0.05, 0.1) is 24.9 Å². The summed E-state index contributed by atoms with van der Waals surface area (Å²) >= 11 is 6.44. The van der Waals surface area contributed by atoms with Gasteiger partial charge in [-0.25, -0.2) is 9.78 Å². The number of aliphatic carboxylic acids is 3. The number of aryl methyl sites for hydroxylation is 2. The van der Waals surface area contributed by atoms with E-state index in [1.807, 2.05) is 30.9 Å². The highest BCUT2D eigenvalue weighted by Crippen LogP contribution is 2.23. The molecule has 41 heavy (non-hydrogen) atoms. The van der Waals surface area contributed by atoms with Crippen molar-refractivity contribution in [3.63, 3.8) is 0 Å². The van der Waals surface area contributed by atoms with Gasteiger partial charge in [0.1, 0.15) is 0 Å². The fourth-order valence-corrected chi connectivity index (χ4v) is 4.54. The zero-order valence-corrected chi connectivity index (χ0v) is 24.5. The minimum atomic E-state index is -2.74. The molecule has 4 N–H and O–H groups in total. The van der Waals surface area contributed by atoms with E-state index in [-0.39, 0.29) is 0 Å². The highest BCUT2D eigenvalue weighted by Gasteiger charge is 2.40. The SMILES string of the molecule is Cc1nn(C(C)C)c(C)c1CN(CCCn1ccnc1)Cc1ccccc1Cl.O=C(O)CC(O)(CC(=O)O)C(=O)O. The zero-order valence-electron chi connectivity index (χ0n) is 23.7. The Labute approximate surface area is 243 Å². The van der Waals surface area contributed by atoms with Crippen LogP contribution in [0.15, 0.2) is 43.0 Å². The van der Waals surface area contributed by atoms with E-state index in [1.165, 1.54) is 16.8 Å². The normalized spacial score (nSPS) is 11.4. The molecule has 2 aromatic heterocycles. The Bertz CT molecular complexity index is 1290. The number of aliphatic hydroxyl groups is 1. The lowest BCUT2D eigenvalue weighted by molar-refractivity contribution is -0.170. The lowest BCUT2D eigenvalue weighted by atomic mass is 9.96. The van der Waals surface area contributed by atoms with Crippen molar-refractivity contribution in [3.05, 3.63) is 70.5 Å². The third-order valence-corrected chi connectivity index (χ3v) is 6.80. The molecule has 0 unspecified atom stereocenters. The number of carboxylic acids is 3. The van der Waals surface area contributed by atoms with Crippen LogP contribution in [-0.2, 0) is 34.0 Å². The molecule has 224 valence electrons. The van der Waals surface area contributed by atoms with Gasteiger partial charge in [0.2, 0.25) is 0 Å². The number of hydrogen-bond donors (Lipinski definition) is 4. The minimum Gasteiger partial charge on any atom is -0.481 e. The van der Waals surface area contributed by atoms with Crippen LogP contribution in [0.2, 0.25) is 5.02 Å². The molecule has 0 bridgehead atoms. The fourth-order valence-electron chi connectivity index (χ4n) is 4.34. The van der Waals surface area contributed by atoms with Crippen LogP contribution >= 0.6 is 11.6 Å². The van der Waals surface area contributed by atoms with Crippen molar-refractivity contribution in [2.24, 2.45) is 0 Å². The van der Waals surface area contributed by atoms with Crippen molar-refractivity contribution in [3.8, 4) is 0 Å².